The number of carbonyl (C=O) groups excluding carboxylic acids is 1. The average molecular weight is 297 g/mol. The molecule has 0 unspecified atom stereocenters. The number of fused-ring (bicyclic) bond motifs is 1. The topological polar surface area (TPSA) is 58.6 Å². The van der Waals surface area contributed by atoms with E-state index < -0.39 is 0 Å². The molecule has 1 atom stereocenters. The summed E-state index contributed by atoms with van der Waals surface area (Å²) in [6.07, 6.45) is 0. The molecule has 0 saturated carbocycles. The molecule has 1 aromatic heterocycles. The van der Waals surface area contributed by atoms with Crippen LogP contribution in [-0.2, 0) is 22.6 Å². The van der Waals surface area contributed by atoms with Gasteiger partial charge < -0.3 is 14.5 Å². The number of rotatable bonds is 1. The molecular formula is C13H17ClN4O2. The molecular weight excluding hydrogens is 280 g/mol. The zero-order valence-corrected chi connectivity index (χ0v) is 12.4. The van der Waals surface area contributed by atoms with E-state index in [1.165, 1.54) is 0 Å². The van der Waals surface area contributed by atoms with Gasteiger partial charge >= 0.3 is 0 Å². The van der Waals surface area contributed by atoms with Crippen LogP contribution in [0.25, 0.3) is 0 Å². The van der Waals surface area contributed by atoms with E-state index in [0.717, 1.165) is 23.6 Å². The van der Waals surface area contributed by atoms with Gasteiger partial charge in [-0.2, -0.15) is 0 Å². The summed E-state index contributed by atoms with van der Waals surface area (Å²) in [4.78, 5) is 24.2. The van der Waals surface area contributed by atoms with Crippen molar-refractivity contribution in [2.45, 2.75) is 33.0 Å². The van der Waals surface area contributed by atoms with E-state index in [4.69, 9.17) is 16.3 Å². The van der Waals surface area contributed by atoms with Crippen LogP contribution in [0.15, 0.2) is 0 Å². The number of halogens is 1. The van der Waals surface area contributed by atoms with Crippen molar-refractivity contribution in [3.8, 4) is 0 Å². The van der Waals surface area contributed by atoms with Crippen LogP contribution >= 0.6 is 11.6 Å². The van der Waals surface area contributed by atoms with Crippen LogP contribution in [0.2, 0.25) is 5.28 Å². The molecule has 0 radical (unpaired) electrons. The summed E-state index contributed by atoms with van der Waals surface area (Å²) in [7, 11) is 0. The van der Waals surface area contributed by atoms with Gasteiger partial charge in [-0.3, -0.25) is 4.79 Å². The lowest BCUT2D eigenvalue weighted by Crippen LogP contribution is -2.44. The van der Waals surface area contributed by atoms with Crippen molar-refractivity contribution in [1.29, 1.82) is 0 Å². The van der Waals surface area contributed by atoms with E-state index in [2.05, 4.69) is 21.8 Å². The van der Waals surface area contributed by atoms with Crippen LogP contribution in [0.4, 0.5) is 5.82 Å². The second-order valence-corrected chi connectivity index (χ2v) is 5.57. The van der Waals surface area contributed by atoms with Gasteiger partial charge in [0.15, 0.2) is 0 Å². The van der Waals surface area contributed by atoms with Crippen LogP contribution in [-0.4, -0.2) is 46.6 Å². The average Bonchev–Trinajstić information content (AvgIpc) is 2.82. The Bertz CT molecular complexity index is 551. The lowest BCUT2D eigenvalue weighted by Gasteiger charge is -2.35. The van der Waals surface area contributed by atoms with E-state index in [0.29, 0.717) is 26.3 Å². The molecule has 2 aliphatic heterocycles. The third-order valence-electron chi connectivity index (χ3n) is 3.82. The van der Waals surface area contributed by atoms with E-state index in [-0.39, 0.29) is 17.2 Å². The zero-order valence-electron chi connectivity index (χ0n) is 11.6. The maximum Gasteiger partial charge on any atom is 0.224 e. The normalized spacial score (nSPS) is 22.1. The molecule has 6 nitrogen and oxygen atoms in total. The predicted octanol–water partition coefficient (Wildman–Crippen LogP) is 1.22. The van der Waals surface area contributed by atoms with Crippen LogP contribution < -0.4 is 4.90 Å². The van der Waals surface area contributed by atoms with Crippen LogP contribution in [0.3, 0.4) is 0 Å². The lowest BCUT2D eigenvalue weighted by molar-refractivity contribution is -0.129. The molecule has 7 heteroatoms. The van der Waals surface area contributed by atoms with Crippen molar-refractivity contribution in [1.82, 2.24) is 14.9 Å². The third-order valence-corrected chi connectivity index (χ3v) is 3.99. The van der Waals surface area contributed by atoms with Gasteiger partial charge in [-0.25, -0.2) is 9.97 Å². The fraction of sp³-hybridized carbons (Fsp3) is 0.615. The maximum absolute atomic E-state index is 11.6. The number of hydrogen-bond donors (Lipinski definition) is 0. The number of ether oxygens (including phenoxy) is 1. The highest BCUT2D eigenvalue weighted by Gasteiger charge is 2.31. The van der Waals surface area contributed by atoms with Crippen molar-refractivity contribution >= 4 is 23.3 Å². The summed E-state index contributed by atoms with van der Waals surface area (Å²) in [6, 6.07) is 0.241. The standard InChI is InChI=1S/C13H17ClN4O2/c1-8-7-20-4-3-18(8)12-10-5-17(9(2)19)6-11(10)15-13(14)16-12/h8H,3-7H2,1-2H3/t8-/m0/s1. The van der Waals surface area contributed by atoms with Crippen molar-refractivity contribution in [2.75, 3.05) is 24.7 Å². The van der Waals surface area contributed by atoms with E-state index in [1.807, 2.05) is 0 Å². The van der Waals surface area contributed by atoms with Crippen LogP contribution in [0, 0.1) is 0 Å². The van der Waals surface area contributed by atoms with Gasteiger partial charge in [0.2, 0.25) is 11.2 Å². The van der Waals surface area contributed by atoms with Crippen molar-refractivity contribution < 1.29 is 9.53 Å². The first kappa shape index (κ1) is 13.6. The fourth-order valence-electron chi connectivity index (χ4n) is 2.71. The Morgan fingerprint density at radius 2 is 2.20 bits per heavy atom. The van der Waals surface area contributed by atoms with Crippen molar-refractivity contribution in [3.05, 3.63) is 16.5 Å². The van der Waals surface area contributed by atoms with Crippen LogP contribution in [0.1, 0.15) is 25.1 Å². The minimum absolute atomic E-state index is 0.0418. The highest BCUT2D eigenvalue weighted by molar-refractivity contribution is 6.28. The van der Waals surface area contributed by atoms with Gasteiger partial charge in [-0.15, -0.1) is 0 Å². The molecule has 0 N–H and O–H groups in total. The molecule has 1 fully saturated rings. The number of amides is 1. The Balaban J connectivity index is 1.98. The van der Waals surface area contributed by atoms with E-state index in [1.54, 1.807) is 11.8 Å². The molecule has 1 aromatic rings. The van der Waals surface area contributed by atoms with E-state index in [9.17, 15) is 4.79 Å². The van der Waals surface area contributed by atoms with Crippen molar-refractivity contribution in [3.63, 3.8) is 0 Å². The number of hydrogen-bond acceptors (Lipinski definition) is 5. The van der Waals surface area contributed by atoms with E-state index >= 15 is 0 Å². The largest absolute Gasteiger partial charge is 0.377 e. The fourth-order valence-corrected chi connectivity index (χ4v) is 2.89. The lowest BCUT2D eigenvalue weighted by atomic mass is 10.2. The Morgan fingerprint density at radius 3 is 2.90 bits per heavy atom. The van der Waals surface area contributed by atoms with Gasteiger partial charge in [-0.1, -0.05) is 0 Å². The Hall–Kier alpha value is -1.40. The number of aromatic nitrogens is 2. The molecule has 0 bridgehead atoms. The third kappa shape index (κ3) is 2.33. The molecule has 0 spiro atoms. The minimum atomic E-state index is 0.0418. The first-order valence-corrected chi connectivity index (χ1v) is 7.09. The van der Waals surface area contributed by atoms with Gasteiger partial charge in [0.05, 0.1) is 38.0 Å². The monoisotopic (exact) mass is 296 g/mol. The summed E-state index contributed by atoms with van der Waals surface area (Å²) in [5.41, 5.74) is 1.87. The SMILES string of the molecule is CC(=O)N1Cc2nc(Cl)nc(N3CCOC[C@@H]3C)c2C1. The van der Waals surface area contributed by atoms with Gasteiger partial charge in [0, 0.05) is 19.0 Å². The molecule has 108 valence electrons. The Kier molecular flexibility index (Phi) is 3.52. The summed E-state index contributed by atoms with van der Waals surface area (Å²) in [5.74, 6) is 0.889. The Labute approximate surface area is 122 Å². The molecule has 0 aliphatic carbocycles. The number of morpholine rings is 1. The Morgan fingerprint density at radius 1 is 1.40 bits per heavy atom. The zero-order chi connectivity index (χ0) is 14.3. The number of nitrogens with zero attached hydrogens (tertiary/aromatic N) is 4. The number of anilines is 1. The molecule has 1 amide bonds. The minimum Gasteiger partial charge on any atom is -0.377 e. The molecule has 0 aromatic carbocycles. The molecule has 1 saturated heterocycles. The van der Waals surface area contributed by atoms with Gasteiger partial charge in [0.1, 0.15) is 5.82 Å². The second-order valence-electron chi connectivity index (χ2n) is 5.23. The number of carbonyl (C=O) groups is 1. The van der Waals surface area contributed by atoms with Crippen LogP contribution in [0.5, 0.6) is 0 Å². The molecule has 3 heterocycles. The highest BCUT2D eigenvalue weighted by atomic mass is 35.5. The molecule has 2 aliphatic rings. The smallest absolute Gasteiger partial charge is 0.224 e. The first-order chi connectivity index (χ1) is 9.56. The van der Waals surface area contributed by atoms with Crippen molar-refractivity contribution in [2.24, 2.45) is 0 Å². The molecule has 3 rings (SSSR count). The summed E-state index contributed by atoms with van der Waals surface area (Å²) >= 11 is 6.04. The molecule has 20 heavy (non-hydrogen) atoms. The summed E-state index contributed by atoms with van der Waals surface area (Å²) < 4.78 is 5.46. The highest BCUT2D eigenvalue weighted by Crippen LogP contribution is 2.31. The first-order valence-electron chi connectivity index (χ1n) is 6.71. The summed E-state index contributed by atoms with van der Waals surface area (Å²) in [6.45, 7) is 6.86. The predicted molar refractivity (Wildman–Crippen MR) is 74.6 cm³/mol. The van der Waals surface area contributed by atoms with Gasteiger partial charge in [0.25, 0.3) is 0 Å². The van der Waals surface area contributed by atoms with Gasteiger partial charge in [-0.05, 0) is 18.5 Å². The summed E-state index contributed by atoms with van der Waals surface area (Å²) in [5, 5.41) is 0.239. The quantitative estimate of drug-likeness (QED) is 0.729. The second kappa shape index (κ2) is 5.18. The maximum atomic E-state index is 11.6.